The Balaban J connectivity index is 1.62. The van der Waals surface area contributed by atoms with E-state index in [0.29, 0.717) is 24.9 Å². The van der Waals surface area contributed by atoms with Gasteiger partial charge in [-0.15, -0.1) is 11.3 Å². The summed E-state index contributed by atoms with van der Waals surface area (Å²) in [5, 5.41) is 9.20. The summed E-state index contributed by atoms with van der Waals surface area (Å²) in [6.45, 7) is 3.84. The van der Waals surface area contributed by atoms with Crippen LogP contribution in [0.3, 0.4) is 0 Å². The third kappa shape index (κ3) is 4.84. The highest BCUT2D eigenvalue weighted by molar-refractivity contribution is 7.13. The van der Waals surface area contributed by atoms with Gasteiger partial charge < -0.3 is 15.1 Å². The van der Waals surface area contributed by atoms with Gasteiger partial charge in [-0.3, -0.25) is 0 Å². The van der Waals surface area contributed by atoms with Gasteiger partial charge in [0, 0.05) is 11.6 Å². The van der Waals surface area contributed by atoms with E-state index in [1.54, 1.807) is 17.6 Å². The second-order valence-electron chi connectivity index (χ2n) is 5.26. The molecule has 0 bridgehead atoms. The Morgan fingerprint density at radius 2 is 2.12 bits per heavy atom. The molecule has 3 aromatic rings. The molecule has 0 radical (unpaired) electrons. The minimum Gasteiger partial charge on any atom is -0.443 e. The van der Waals surface area contributed by atoms with Gasteiger partial charge in [0.2, 0.25) is 5.89 Å². The van der Waals surface area contributed by atoms with Crippen molar-refractivity contribution in [1.82, 2.24) is 15.6 Å². The van der Waals surface area contributed by atoms with E-state index in [1.807, 2.05) is 48.7 Å². The number of nitrogens with zero attached hydrogens (tertiary/aromatic N) is 2. The molecular formula is C18H19ClN4OS. The number of benzene rings is 1. The molecule has 25 heavy (non-hydrogen) atoms. The largest absolute Gasteiger partial charge is 0.443 e. The maximum Gasteiger partial charge on any atom is 0.236 e. The Hall–Kier alpha value is -2.31. The number of hydrogen-bond acceptors (Lipinski definition) is 4. The van der Waals surface area contributed by atoms with E-state index in [9.17, 15) is 0 Å². The van der Waals surface area contributed by atoms with Crippen molar-refractivity contribution in [3.05, 3.63) is 64.3 Å². The molecule has 2 heterocycles. The SMILES string of the molecule is CCNC(=NCc1ccccc1Cl)NCc1coc(-c2cccs2)n1. The van der Waals surface area contributed by atoms with Gasteiger partial charge in [0.25, 0.3) is 0 Å². The quantitative estimate of drug-likeness (QED) is 0.498. The standard InChI is InChI=1S/C18H19ClN4OS/c1-2-20-18(21-10-13-6-3-4-7-15(13)19)22-11-14-12-24-17(23-14)16-8-5-9-25-16/h3-9,12H,2,10-11H2,1H3,(H2,20,21,22). The number of thiophene rings is 1. The van der Waals surface area contributed by atoms with Crippen LogP contribution in [0, 0.1) is 0 Å². The minimum absolute atomic E-state index is 0.508. The molecule has 0 saturated heterocycles. The first kappa shape index (κ1) is 17.5. The number of hydrogen-bond donors (Lipinski definition) is 2. The molecule has 0 saturated carbocycles. The van der Waals surface area contributed by atoms with Crippen LogP contribution >= 0.6 is 22.9 Å². The van der Waals surface area contributed by atoms with Crippen molar-refractivity contribution in [3.8, 4) is 10.8 Å². The average molecular weight is 375 g/mol. The van der Waals surface area contributed by atoms with Crippen LogP contribution in [0.25, 0.3) is 10.8 Å². The highest BCUT2D eigenvalue weighted by Gasteiger charge is 2.08. The van der Waals surface area contributed by atoms with E-state index in [0.717, 1.165) is 27.7 Å². The zero-order chi connectivity index (χ0) is 17.5. The highest BCUT2D eigenvalue weighted by Crippen LogP contribution is 2.23. The lowest BCUT2D eigenvalue weighted by Gasteiger charge is -2.10. The Labute approximate surface area is 155 Å². The second kappa shape index (κ2) is 8.69. The molecule has 2 aromatic heterocycles. The van der Waals surface area contributed by atoms with Crippen molar-refractivity contribution in [2.24, 2.45) is 4.99 Å². The van der Waals surface area contributed by atoms with E-state index in [1.165, 1.54) is 0 Å². The molecule has 0 aliphatic rings. The van der Waals surface area contributed by atoms with Crippen LogP contribution in [0.15, 0.2) is 57.5 Å². The zero-order valence-corrected chi connectivity index (χ0v) is 15.4. The van der Waals surface area contributed by atoms with Crippen LogP contribution in [-0.4, -0.2) is 17.5 Å². The normalized spacial score (nSPS) is 11.5. The molecule has 130 valence electrons. The lowest BCUT2D eigenvalue weighted by atomic mass is 10.2. The number of guanidine groups is 1. The third-order valence-corrected chi connectivity index (χ3v) is 4.66. The van der Waals surface area contributed by atoms with Gasteiger partial charge in [-0.05, 0) is 30.0 Å². The van der Waals surface area contributed by atoms with Gasteiger partial charge in [0.05, 0.1) is 23.7 Å². The summed E-state index contributed by atoms with van der Waals surface area (Å²) >= 11 is 7.78. The summed E-state index contributed by atoms with van der Waals surface area (Å²) in [7, 11) is 0. The van der Waals surface area contributed by atoms with Crippen molar-refractivity contribution in [2.75, 3.05) is 6.54 Å². The Morgan fingerprint density at radius 3 is 2.88 bits per heavy atom. The maximum atomic E-state index is 6.18. The van der Waals surface area contributed by atoms with Crippen molar-refractivity contribution in [2.45, 2.75) is 20.0 Å². The number of halogens is 1. The van der Waals surface area contributed by atoms with Crippen LogP contribution in [-0.2, 0) is 13.1 Å². The summed E-state index contributed by atoms with van der Waals surface area (Å²) in [6, 6.07) is 11.7. The first-order chi connectivity index (χ1) is 12.3. The molecule has 0 amide bonds. The third-order valence-electron chi connectivity index (χ3n) is 3.43. The van der Waals surface area contributed by atoms with E-state index in [4.69, 9.17) is 16.0 Å². The van der Waals surface area contributed by atoms with E-state index in [-0.39, 0.29) is 0 Å². The molecule has 0 spiro atoms. The molecule has 5 nitrogen and oxygen atoms in total. The number of nitrogens with one attached hydrogen (secondary N) is 2. The molecule has 1 aromatic carbocycles. The Morgan fingerprint density at radius 1 is 1.24 bits per heavy atom. The van der Waals surface area contributed by atoms with Crippen LogP contribution < -0.4 is 10.6 Å². The van der Waals surface area contributed by atoms with Gasteiger partial charge in [0.15, 0.2) is 5.96 Å². The fraction of sp³-hybridized carbons (Fsp3) is 0.222. The summed E-state index contributed by atoms with van der Waals surface area (Å²) in [5.41, 5.74) is 1.81. The minimum atomic E-state index is 0.508. The van der Waals surface area contributed by atoms with Crippen molar-refractivity contribution >= 4 is 28.9 Å². The molecule has 0 fully saturated rings. The maximum absolute atomic E-state index is 6.18. The second-order valence-corrected chi connectivity index (χ2v) is 6.62. The number of oxazole rings is 1. The fourth-order valence-electron chi connectivity index (χ4n) is 2.21. The smallest absolute Gasteiger partial charge is 0.236 e. The highest BCUT2D eigenvalue weighted by atomic mass is 35.5. The zero-order valence-electron chi connectivity index (χ0n) is 13.8. The van der Waals surface area contributed by atoms with Crippen LogP contribution in [0.1, 0.15) is 18.2 Å². The summed E-state index contributed by atoms with van der Waals surface area (Å²) in [6.07, 6.45) is 1.67. The monoisotopic (exact) mass is 374 g/mol. The fourth-order valence-corrected chi connectivity index (χ4v) is 3.06. The predicted octanol–water partition coefficient (Wildman–Crippen LogP) is 4.31. The number of rotatable bonds is 6. The van der Waals surface area contributed by atoms with E-state index in [2.05, 4.69) is 20.6 Å². The van der Waals surface area contributed by atoms with Crippen LogP contribution in [0.4, 0.5) is 0 Å². The molecule has 7 heteroatoms. The predicted molar refractivity (Wildman–Crippen MR) is 103 cm³/mol. The molecule has 3 rings (SSSR count). The molecular weight excluding hydrogens is 356 g/mol. The molecule has 2 N–H and O–H groups in total. The van der Waals surface area contributed by atoms with Gasteiger partial charge in [-0.2, -0.15) is 0 Å². The number of aromatic nitrogens is 1. The van der Waals surface area contributed by atoms with Crippen molar-refractivity contribution < 1.29 is 4.42 Å². The van der Waals surface area contributed by atoms with Crippen molar-refractivity contribution in [3.63, 3.8) is 0 Å². The van der Waals surface area contributed by atoms with Gasteiger partial charge in [-0.25, -0.2) is 9.98 Å². The van der Waals surface area contributed by atoms with E-state index >= 15 is 0 Å². The summed E-state index contributed by atoms with van der Waals surface area (Å²) < 4.78 is 5.53. The van der Waals surface area contributed by atoms with Crippen LogP contribution in [0.2, 0.25) is 5.02 Å². The summed E-state index contributed by atoms with van der Waals surface area (Å²) in [4.78, 5) is 10.1. The molecule has 0 atom stereocenters. The Kier molecular flexibility index (Phi) is 6.09. The molecule has 0 aliphatic heterocycles. The molecule has 0 unspecified atom stereocenters. The first-order valence-electron chi connectivity index (χ1n) is 8.00. The van der Waals surface area contributed by atoms with Crippen LogP contribution in [0.5, 0.6) is 0 Å². The van der Waals surface area contributed by atoms with Gasteiger partial charge in [-0.1, -0.05) is 35.9 Å². The van der Waals surface area contributed by atoms with E-state index < -0.39 is 0 Å². The summed E-state index contributed by atoms with van der Waals surface area (Å²) in [5.74, 6) is 1.35. The van der Waals surface area contributed by atoms with Gasteiger partial charge in [0.1, 0.15) is 6.26 Å². The van der Waals surface area contributed by atoms with Crippen molar-refractivity contribution in [1.29, 1.82) is 0 Å². The topological polar surface area (TPSA) is 62.5 Å². The van der Waals surface area contributed by atoms with Gasteiger partial charge >= 0.3 is 0 Å². The molecule has 0 aliphatic carbocycles. The Bertz CT molecular complexity index is 829. The number of aliphatic imine (C=N–C) groups is 1. The first-order valence-corrected chi connectivity index (χ1v) is 9.26. The lowest BCUT2D eigenvalue weighted by molar-refractivity contribution is 0.573. The average Bonchev–Trinajstić information content (AvgIpc) is 3.30. The lowest BCUT2D eigenvalue weighted by Crippen LogP contribution is -2.36.